The second kappa shape index (κ2) is 8.04. The summed E-state index contributed by atoms with van der Waals surface area (Å²) in [6, 6.07) is 0.884. The Morgan fingerprint density at radius 1 is 0.812 bits per heavy atom. The SMILES string of the molecule is CN1CCC1.CN1CCCC1.CNC1CC1. The third kappa shape index (κ3) is 7.20. The summed E-state index contributed by atoms with van der Waals surface area (Å²) in [5.41, 5.74) is 0. The van der Waals surface area contributed by atoms with Crippen LogP contribution in [-0.2, 0) is 0 Å². The quantitative estimate of drug-likeness (QED) is 0.730. The summed E-state index contributed by atoms with van der Waals surface area (Å²) in [5.74, 6) is 0. The van der Waals surface area contributed by atoms with E-state index in [1.165, 1.54) is 58.3 Å². The lowest BCUT2D eigenvalue weighted by atomic mass is 10.3. The third-order valence-corrected chi connectivity index (χ3v) is 3.39. The number of hydrogen-bond donors (Lipinski definition) is 1. The standard InChI is InChI=1S/C5H11N.2C4H9N/c1-6-4-2-3-5-6;1-5-3-2-4-5;1-5-4-2-3-4/h2-5H2,1H3;2-4H2,1H3;4-5H,2-3H2,1H3. The molecule has 0 spiro atoms. The van der Waals surface area contributed by atoms with Crippen LogP contribution in [0, 0.1) is 0 Å². The summed E-state index contributed by atoms with van der Waals surface area (Å²) in [6.45, 7) is 5.28. The van der Waals surface area contributed by atoms with Gasteiger partial charge in [0.1, 0.15) is 0 Å². The Bertz CT molecular complexity index is 159. The van der Waals surface area contributed by atoms with Gasteiger partial charge in [-0.2, -0.15) is 0 Å². The van der Waals surface area contributed by atoms with Gasteiger partial charge in [0.25, 0.3) is 0 Å². The molecule has 0 aromatic carbocycles. The predicted molar refractivity (Wildman–Crippen MR) is 70.9 cm³/mol. The average molecular weight is 227 g/mol. The second-order valence-corrected chi connectivity index (χ2v) is 5.23. The maximum atomic E-state index is 3.14. The molecule has 1 saturated carbocycles. The molecule has 0 aromatic heterocycles. The van der Waals surface area contributed by atoms with Crippen LogP contribution in [0.5, 0.6) is 0 Å². The lowest BCUT2D eigenvalue weighted by Crippen LogP contribution is -2.32. The van der Waals surface area contributed by atoms with E-state index in [1.807, 2.05) is 7.05 Å². The van der Waals surface area contributed by atoms with Crippen molar-refractivity contribution in [2.24, 2.45) is 0 Å². The van der Waals surface area contributed by atoms with Crippen molar-refractivity contribution >= 4 is 0 Å². The van der Waals surface area contributed by atoms with Crippen molar-refractivity contribution in [2.75, 3.05) is 47.3 Å². The van der Waals surface area contributed by atoms with Crippen LogP contribution in [0.25, 0.3) is 0 Å². The van der Waals surface area contributed by atoms with Gasteiger partial charge >= 0.3 is 0 Å². The molecule has 0 bridgehead atoms. The molecule has 96 valence electrons. The minimum atomic E-state index is 0.884. The van der Waals surface area contributed by atoms with Gasteiger partial charge in [-0.25, -0.2) is 0 Å². The van der Waals surface area contributed by atoms with Gasteiger partial charge in [0.2, 0.25) is 0 Å². The fourth-order valence-corrected chi connectivity index (χ4v) is 1.72. The smallest absolute Gasteiger partial charge is 0.00652 e. The van der Waals surface area contributed by atoms with E-state index in [4.69, 9.17) is 0 Å². The molecule has 0 amide bonds. The van der Waals surface area contributed by atoms with E-state index in [2.05, 4.69) is 29.2 Å². The van der Waals surface area contributed by atoms with Crippen LogP contribution < -0.4 is 5.32 Å². The molecule has 0 radical (unpaired) electrons. The highest BCUT2D eigenvalue weighted by Gasteiger charge is 2.17. The maximum Gasteiger partial charge on any atom is 0.00652 e. The van der Waals surface area contributed by atoms with Crippen LogP contribution in [0.3, 0.4) is 0 Å². The molecule has 0 aromatic rings. The molecule has 0 unspecified atom stereocenters. The van der Waals surface area contributed by atoms with Crippen molar-refractivity contribution in [2.45, 2.75) is 38.1 Å². The Balaban J connectivity index is 0.000000121. The number of nitrogens with zero attached hydrogens (tertiary/aromatic N) is 2. The molecule has 3 fully saturated rings. The van der Waals surface area contributed by atoms with E-state index < -0.39 is 0 Å². The molecule has 2 saturated heterocycles. The predicted octanol–water partition coefficient (Wildman–Crippen LogP) is 1.40. The molecule has 2 heterocycles. The largest absolute Gasteiger partial charge is 0.317 e. The Hall–Kier alpha value is -0.120. The average Bonchev–Trinajstić information content (AvgIpc) is 2.99. The molecular weight excluding hydrogens is 198 g/mol. The van der Waals surface area contributed by atoms with Crippen LogP contribution in [0.2, 0.25) is 0 Å². The van der Waals surface area contributed by atoms with Crippen molar-refractivity contribution in [3.63, 3.8) is 0 Å². The van der Waals surface area contributed by atoms with Crippen molar-refractivity contribution in [1.29, 1.82) is 0 Å². The Kier molecular flexibility index (Phi) is 7.01. The second-order valence-electron chi connectivity index (χ2n) is 5.23. The first kappa shape index (κ1) is 13.9. The van der Waals surface area contributed by atoms with E-state index in [0.29, 0.717) is 0 Å². The fraction of sp³-hybridized carbons (Fsp3) is 1.00. The summed E-state index contributed by atoms with van der Waals surface area (Å²) >= 11 is 0. The van der Waals surface area contributed by atoms with Gasteiger partial charge in [-0.3, -0.25) is 0 Å². The first-order valence-corrected chi connectivity index (χ1v) is 6.76. The number of rotatable bonds is 1. The summed E-state index contributed by atoms with van der Waals surface area (Å²) in [5, 5.41) is 3.14. The van der Waals surface area contributed by atoms with Gasteiger partial charge in [-0.05, 0) is 79.4 Å². The van der Waals surface area contributed by atoms with Crippen molar-refractivity contribution < 1.29 is 0 Å². The zero-order valence-corrected chi connectivity index (χ0v) is 11.3. The highest BCUT2D eigenvalue weighted by molar-refractivity contribution is 4.78. The molecule has 2 aliphatic heterocycles. The number of hydrogen-bond acceptors (Lipinski definition) is 3. The first-order valence-electron chi connectivity index (χ1n) is 6.76. The normalized spacial score (nSPS) is 24.9. The Labute approximate surface area is 101 Å². The molecular formula is C13H29N3. The maximum absolute atomic E-state index is 3.14. The van der Waals surface area contributed by atoms with E-state index in [0.717, 1.165) is 6.04 Å². The summed E-state index contributed by atoms with van der Waals surface area (Å²) in [7, 11) is 6.33. The third-order valence-electron chi connectivity index (χ3n) is 3.39. The van der Waals surface area contributed by atoms with Crippen molar-refractivity contribution in [3.8, 4) is 0 Å². The minimum absolute atomic E-state index is 0.884. The molecule has 16 heavy (non-hydrogen) atoms. The van der Waals surface area contributed by atoms with E-state index in [-0.39, 0.29) is 0 Å². The van der Waals surface area contributed by atoms with Crippen LogP contribution in [0.15, 0.2) is 0 Å². The van der Waals surface area contributed by atoms with Gasteiger partial charge in [-0.15, -0.1) is 0 Å². The Morgan fingerprint density at radius 3 is 1.31 bits per heavy atom. The highest BCUT2D eigenvalue weighted by Crippen LogP contribution is 2.17. The van der Waals surface area contributed by atoms with E-state index in [9.17, 15) is 0 Å². The molecule has 0 atom stereocenters. The Morgan fingerprint density at radius 2 is 1.25 bits per heavy atom. The molecule has 3 rings (SSSR count). The van der Waals surface area contributed by atoms with Crippen LogP contribution in [-0.4, -0.2) is 63.2 Å². The number of nitrogens with one attached hydrogen (secondary N) is 1. The molecule has 3 heteroatoms. The van der Waals surface area contributed by atoms with E-state index >= 15 is 0 Å². The first-order chi connectivity index (χ1) is 7.72. The van der Waals surface area contributed by atoms with E-state index in [1.54, 1.807) is 0 Å². The fourth-order valence-electron chi connectivity index (χ4n) is 1.72. The molecule has 1 N–H and O–H groups in total. The van der Waals surface area contributed by atoms with Crippen LogP contribution in [0.4, 0.5) is 0 Å². The van der Waals surface area contributed by atoms with Gasteiger partial charge in [0, 0.05) is 6.04 Å². The van der Waals surface area contributed by atoms with Crippen LogP contribution in [0.1, 0.15) is 32.1 Å². The number of likely N-dealkylation sites (tertiary alicyclic amines) is 2. The molecule has 1 aliphatic carbocycles. The van der Waals surface area contributed by atoms with Gasteiger partial charge in [0.15, 0.2) is 0 Å². The molecule has 3 nitrogen and oxygen atoms in total. The van der Waals surface area contributed by atoms with Gasteiger partial charge in [0.05, 0.1) is 0 Å². The summed E-state index contributed by atoms with van der Waals surface area (Å²) < 4.78 is 0. The van der Waals surface area contributed by atoms with Gasteiger partial charge in [-0.1, -0.05) is 0 Å². The minimum Gasteiger partial charge on any atom is -0.317 e. The zero-order valence-electron chi connectivity index (χ0n) is 11.3. The lowest BCUT2D eigenvalue weighted by molar-refractivity contribution is 0.229. The van der Waals surface area contributed by atoms with Crippen LogP contribution >= 0.6 is 0 Å². The topological polar surface area (TPSA) is 18.5 Å². The monoisotopic (exact) mass is 227 g/mol. The zero-order chi connectivity index (χ0) is 11.8. The highest BCUT2D eigenvalue weighted by atomic mass is 15.1. The summed E-state index contributed by atoms with van der Waals surface area (Å²) in [4.78, 5) is 4.67. The van der Waals surface area contributed by atoms with Crippen molar-refractivity contribution in [3.05, 3.63) is 0 Å². The molecule has 3 aliphatic rings. The lowest BCUT2D eigenvalue weighted by Gasteiger charge is -2.24. The van der Waals surface area contributed by atoms with Crippen molar-refractivity contribution in [1.82, 2.24) is 15.1 Å². The van der Waals surface area contributed by atoms with Gasteiger partial charge < -0.3 is 15.1 Å². The summed E-state index contributed by atoms with van der Waals surface area (Å²) in [6.07, 6.45) is 7.04.